The van der Waals surface area contributed by atoms with Crippen LogP contribution in [-0.2, 0) is 35.1 Å². The Kier molecular flexibility index (Phi) is 17.2. The van der Waals surface area contributed by atoms with E-state index in [0.717, 1.165) is 0 Å². The molecule has 1 aliphatic rings. The fraction of sp³-hybridized carbons (Fsp3) is 0.679. The molecule has 2 heterocycles. The second-order valence-corrected chi connectivity index (χ2v) is 10.2. The molecule has 1 aliphatic heterocycles. The second kappa shape index (κ2) is 20.5. The molecule has 1 aromatic rings. The molecule has 4 N–H and O–H groups in total. The molecule has 16 nitrogen and oxygen atoms in total. The lowest BCUT2D eigenvalue weighted by Crippen LogP contribution is -2.52. The fourth-order valence-electron chi connectivity index (χ4n) is 4.68. The first-order valence-electron chi connectivity index (χ1n) is 14.6. The maximum Gasteiger partial charge on any atom is 0.321 e. The van der Waals surface area contributed by atoms with E-state index in [1.54, 1.807) is 31.7 Å². The number of hydrogen-bond acceptors (Lipinski definition) is 12. The van der Waals surface area contributed by atoms with Crippen LogP contribution in [0.15, 0.2) is 18.3 Å². The van der Waals surface area contributed by atoms with Gasteiger partial charge in [-0.25, -0.2) is 0 Å². The summed E-state index contributed by atoms with van der Waals surface area (Å²) in [5, 5.41) is 38.4. The highest BCUT2D eigenvalue weighted by molar-refractivity contribution is 5.74. The van der Waals surface area contributed by atoms with Crippen LogP contribution in [0.25, 0.3) is 0 Å². The highest BCUT2D eigenvalue weighted by atomic mass is 16.5. The van der Waals surface area contributed by atoms with E-state index >= 15 is 0 Å². The first-order valence-corrected chi connectivity index (χ1v) is 14.6. The minimum absolute atomic E-state index is 0.0560. The Bertz CT molecular complexity index is 998. The highest BCUT2D eigenvalue weighted by Crippen LogP contribution is 2.14. The molecule has 1 saturated heterocycles. The molecular weight excluding hydrogens is 582 g/mol. The van der Waals surface area contributed by atoms with Crippen LogP contribution in [0.5, 0.6) is 5.75 Å². The zero-order valence-electron chi connectivity index (χ0n) is 25.2. The zero-order valence-corrected chi connectivity index (χ0v) is 25.2. The van der Waals surface area contributed by atoms with Gasteiger partial charge in [-0.2, -0.15) is 0 Å². The Hall–Kier alpha value is -3.41. The number of carbonyl (C=O) groups is 4. The van der Waals surface area contributed by atoms with E-state index in [9.17, 15) is 39.6 Å². The van der Waals surface area contributed by atoms with Crippen molar-refractivity contribution >= 4 is 23.9 Å². The van der Waals surface area contributed by atoms with Gasteiger partial charge in [0.1, 0.15) is 18.4 Å². The topological polar surface area (TPSA) is 203 Å². The van der Waals surface area contributed by atoms with E-state index in [1.807, 2.05) is 6.92 Å². The molecule has 0 bridgehead atoms. The van der Waals surface area contributed by atoms with Crippen molar-refractivity contribution in [1.82, 2.24) is 24.6 Å². The number of hydrogen-bond donors (Lipinski definition) is 4. The average Bonchev–Trinajstić information content (AvgIpc) is 2.95. The van der Waals surface area contributed by atoms with Crippen LogP contribution < -0.4 is 4.74 Å². The molecule has 0 radical (unpaired) electrons. The minimum atomic E-state index is -1.09. The molecule has 0 spiro atoms. The van der Waals surface area contributed by atoms with Crippen molar-refractivity contribution in [3.8, 4) is 5.75 Å². The van der Waals surface area contributed by atoms with E-state index in [0.29, 0.717) is 44.5 Å². The Morgan fingerprint density at radius 2 is 1.20 bits per heavy atom. The van der Waals surface area contributed by atoms with Gasteiger partial charge in [-0.15, -0.1) is 0 Å². The molecule has 1 aromatic heterocycles. The third-order valence-corrected chi connectivity index (χ3v) is 6.95. The Morgan fingerprint density at radius 3 is 1.64 bits per heavy atom. The third-order valence-electron chi connectivity index (χ3n) is 6.95. The molecule has 0 saturated carbocycles. The van der Waals surface area contributed by atoms with Gasteiger partial charge in [0.2, 0.25) is 0 Å². The van der Waals surface area contributed by atoms with E-state index in [1.165, 1.54) is 6.20 Å². The van der Waals surface area contributed by atoms with Crippen molar-refractivity contribution in [3.63, 3.8) is 0 Å². The molecule has 0 unspecified atom stereocenters. The molecule has 0 aliphatic carbocycles. The number of aromatic nitrogens is 1. The standard InChI is InChI=1S/C28H45N5O11/c1-2-42-13-14-43-15-16-44-23-4-3-22(29-18-23)17-24(28(40)41)33-11-9-31(20-26(36)37)7-5-30(19-25(34)35)6-8-32(10-12-33)21-27(38)39/h3-4,18,24H,2,5-17,19-21H2,1H3,(H,34,35)(H,36,37)(H,38,39)(H,40,41)/t24-/m0/s1. The molecule has 44 heavy (non-hydrogen) atoms. The van der Waals surface area contributed by atoms with Gasteiger partial charge in [0.25, 0.3) is 0 Å². The number of carboxylic acids is 4. The van der Waals surface area contributed by atoms with Crippen LogP contribution in [0.4, 0.5) is 0 Å². The smallest absolute Gasteiger partial charge is 0.321 e. The summed E-state index contributed by atoms with van der Waals surface area (Å²) in [6.45, 7) is 5.12. The van der Waals surface area contributed by atoms with Crippen molar-refractivity contribution in [3.05, 3.63) is 24.0 Å². The predicted octanol–water partition coefficient (Wildman–Crippen LogP) is -1.02. The molecule has 1 atom stereocenters. The molecule has 1 fully saturated rings. The van der Waals surface area contributed by atoms with Crippen LogP contribution in [0.3, 0.4) is 0 Å². The highest BCUT2D eigenvalue weighted by Gasteiger charge is 2.28. The minimum Gasteiger partial charge on any atom is -0.490 e. The number of carboxylic acid groups (broad SMARTS) is 4. The van der Waals surface area contributed by atoms with Crippen molar-refractivity contribution < 1.29 is 53.8 Å². The van der Waals surface area contributed by atoms with Crippen molar-refractivity contribution in [2.24, 2.45) is 0 Å². The summed E-state index contributed by atoms with van der Waals surface area (Å²) in [5.41, 5.74) is 0.512. The number of rotatable bonds is 18. The van der Waals surface area contributed by atoms with E-state index in [2.05, 4.69) is 4.98 Å². The Balaban J connectivity index is 2.13. The number of nitrogens with zero attached hydrogens (tertiary/aromatic N) is 5. The number of pyridine rings is 1. The summed E-state index contributed by atoms with van der Waals surface area (Å²) in [7, 11) is 0. The van der Waals surface area contributed by atoms with Crippen LogP contribution in [0.2, 0.25) is 0 Å². The maximum absolute atomic E-state index is 12.5. The normalized spacial score (nSPS) is 17.3. The van der Waals surface area contributed by atoms with Gasteiger partial charge in [-0.05, 0) is 19.1 Å². The Labute approximate surface area is 256 Å². The van der Waals surface area contributed by atoms with E-state index < -0.39 is 29.9 Å². The van der Waals surface area contributed by atoms with Crippen LogP contribution >= 0.6 is 0 Å². The van der Waals surface area contributed by atoms with Gasteiger partial charge < -0.3 is 34.6 Å². The number of aliphatic carboxylic acids is 4. The summed E-state index contributed by atoms with van der Waals surface area (Å²) < 4.78 is 16.3. The van der Waals surface area contributed by atoms with Crippen LogP contribution in [-0.4, -0.2) is 180 Å². The molecule has 16 heteroatoms. The first-order chi connectivity index (χ1) is 21.1. The third kappa shape index (κ3) is 15.4. The summed E-state index contributed by atoms with van der Waals surface area (Å²) in [6.07, 6.45) is 1.57. The molecular formula is C28H45N5O11. The predicted molar refractivity (Wildman–Crippen MR) is 156 cm³/mol. The first kappa shape index (κ1) is 36.8. The van der Waals surface area contributed by atoms with Crippen LogP contribution in [0.1, 0.15) is 12.6 Å². The average molecular weight is 628 g/mol. The SMILES string of the molecule is CCOCCOCCOc1ccc(C[C@@H](C(=O)O)N2CCN(CC(=O)O)CCN(CC(=O)O)CCN(CC(=O)O)CC2)nc1. The summed E-state index contributed by atoms with van der Waals surface area (Å²) in [6, 6.07) is 2.37. The second-order valence-electron chi connectivity index (χ2n) is 10.2. The van der Waals surface area contributed by atoms with Crippen molar-refractivity contribution in [2.75, 3.05) is 105 Å². The summed E-state index contributed by atoms with van der Waals surface area (Å²) in [5.74, 6) is -3.74. The molecule has 0 aromatic carbocycles. The van der Waals surface area contributed by atoms with Gasteiger partial charge in [-0.3, -0.25) is 43.8 Å². The van der Waals surface area contributed by atoms with Gasteiger partial charge in [-0.1, -0.05) is 0 Å². The Morgan fingerprint density at radius 1 is 0.727 bits per heavy atom. The number of ether oxygens (including phenoxy) is 3. The lowest BCUT2D eigenvalue weighted by molar-refractivity contribution is -0.144. The fourth-order valence-corrected chi connectivity index (χ4v) is 4.68. The van der Waals surface area contributed by atoms with Gasteiger partial charge in [0, 0.05) is 71.1 Å². The lowest BCUT2D eigenvalue weighted by atomic mass is 10.1. The summed E-state index contributed by atoms with van der Waals surface area (Å²) >= 11 is 0. The van der Waals surface area contributed by atoms with E-state index in [-0.39, 0.29) is 78.4 Å². The van der Waals surface area contributed by atoms with Gasteiger partial charge >= 0.3 is 23.9 Å². The zero-order chi connectivity index (χ0) is 32.3. The monoisotopic (exact) mass is 627 g/mol. The van der Waals surface area contributed by atoms with Crippen molar-refractivity contribution in [1.29, 1.82) is 0 Å². The van der Waals surface area contributed by atoms with Crippen LogP contribution in [0, 0.1) is 0 Å². The molecule has 0 amide bonds. The molecule has 248 valence electrons. The maximum atomic E-state index is 12.5. The van der Waals surface area contributed by atoms with Crippen molar-refractivity contribution in [2.45, 2.75) is 19.4 Å². The summed E-state index contributed by atoms with van der Waals surface area (Å²) in [4.78, 5) is 57.9. The largest absolute Gasteiger partial charge is 0.490 e. The van der Waals surface area contributed by atoms with Gasteiger partial charge in [0.15, 0.2) is 0 Å². The van der Waals surface area contributed by atoms with E-state index in [4.69, 9.17) is 14.2 Å². The quantitative estimate of drug-likeness (QED) is 0.144. The van der Waals surface area contributed by atoms with Gasteiger partial charge in [0.05, 0.1) is 45.7 Å². The lowest BCUT2D eigenvalue weighted by Gasteiger charge is -2.35. The molecule has 2 rings (SSSR count).